The van der Waals surface area contributed by atoms with Gasteiger partial charge in [0.25, 0.3) is 0 Å². The molecule has 0 fully saturated rings. The second-order valence-electron chi connectivity index (χ2n) is 2.69. The highest BCUT2D eigenvalue weighted by molar-refractivity contribution is 9.10. The molecule has 90 valence electrons. The number of halogens is 4. The van der Waals surface area contributed by atoms with Crippen LogP contribution in [0.15, 0.2) is 27.6 Å². The molecule has 0 bridgehead atoms. The van der Waals surface area contributed by atoms with Gasteiger partial charge in [-0.25, -0.2) is 0 Å². The largest absolute Gasteiger partial charge is 0.468 e. The molecule has 0 heterocycles. The van der Waals surface area contributed by atoms with E-state index < -0.39 is 5.51 Å². The Morgan fingerprint density at radius 3 is 2.56 bits per heavy atom. The highest BCUT2D eigenvalue weighted by atomic mass is 79.9. The van der Waals surface area contributed by atoms with Crippen LogP contribution in [0.2, 0.25) is 0 Å². The normalized spacial score (nSPS) is 11.6. The van der Waals surface area contributed by atoms with Crippen LogP contribution >= 0.6 is 27.7 Å². The van der Waals surface area contributed by atoms with E-state index in [4.69, 9.17) is 4.74 Å². The molecule has 1 rings (SSSR count). The van der Waals surface area contributed by atoms with E-state index in [1.54, 1.807) is 0 Å². The van der Waals surface area contributed by atoms with Crippen molar-refractivity contribution in [1.82, 2.24) is 0 Å². The van der Waals surface area contributed by atoms with Gasteiger partial charge in [-0.05, 0) is 45.9 Å². The first kappa shape index (κ1) is 13.7. The summed E-state index contributed by atoms with van der Waals surface area (Å²) in [5.74, 6) is 0.445. The second kappa shape index (κ2) is 5.79. The number of alkyl halides is 3. The standard InChI is InChI=1S/C9H8BrF3O2S/c1-14-5-15-6-2-3-8(7(10)4-6)16-9(11,12)13/h2-4H,5H2,1H3. The highest BCUT2D eigenvalue weighted by Crippen LogP contribution is 2.41. The molecule has 1 aromatic rings. The summed E-state index contributed by atoms with van der Waals surface area (Å²) >= 11 is 2.88. The maximum atomic E-state index is 12.1. The van der Waals surface area contributed by atoms with E-state index in [1.807, 2.05) is 0 Å². The van der Waals surface area contributed by atoms with Crippen molar-refractivity contribution in [2.45, 2.75) is 10.4 Å². The molecule has 1 aromatic carbocycles. The third-order valence-corrected chi connectivity index (χ3v) is 3.20. The van der Waals surface area contributed by atoms with Crippen molar-refractivity contribution in [3.8, 4) is 5.75 Å². The fourth-order valence-corrected chi connectivity index (χ4v) is 2.05. The molecule has 16 heavy (non-hydrogen) atoms. The third-order valence-electron chi connectivity index (χ3n) is 1.47. The summed E-state index contributed by atoms with van der Waals surface area (Å²) in [5.41, 5.74) is -4.29. The zero-order chi connectivity index (χ0) is 12.2. The molecular weight excluding hydrogens is 309 g/mol. The average molecular weight is 317 g/mol. The van der Waals surface area contributed by atoms with E-state index in [2.05, 4.69) is 20.7 Å². The number of rotatable bonds is 4. The minimum Gasteiger partial charge on any atom is -0.468 e. The van der Waals surface area contributed by atoms with Crippen LogP contribution in [0.25, 0.3) is 0 Å². The molecule has 0 spiro atoms. The van der Waals surface area contributed by atoms with Crippen LogP contribution in [0.4, 0.5) is 13.2 Å². The van der Waals surface area contributed by atoms with E-state index in [-0.39, 0.29) is 23.5 Å². The Labute approximate surface area is 103 Å². The SMILES string of the molecule is COCOc1ccc(SC(F)(F)F)c(Br)c1. The fraction of sp³-hybridized carbons (Fsp3) is 0.333. The summed E-state index contributed by atoms with van der Waals surface area (Å²) in [5, 5.41) is 0. The zero-order valence-electron chi connectivity index (χ0n) is 8.18. The minimum absolute atomic E-state index is 0.0538. The quantitative estimate of drug-likeness (QED) is 0.617. The van der Waals surface area contributed by atoms with E-state index in [0.29, 0.717) is 10.2 Å². The third kappa shape index (κ3) is 4.63. The lowest BCUT2D eigenvalue weighted by molar-refractivity contribution is -0.0328. The molecule has 0 aliphatic rings. The Bertz CT molecular complexity index is 357. The molecule has 0 amide bonds. The predicted octanol–water partition coefficient (Wildman–Crippen LogP) is 4.04. The number of hydrogen-bond donors (Lipinski definition) is 0. The van der Waals surface area contributed by atoms with Crippen LogP contribution in [0, 0.1) is 0 Å². The summed E-state index contributed by atoms with van der Waals surface area (Å²) in [6.07, 6.45) is 0. The Balaban J connectivity index is 2.75. The Hall–Kier alpha value is -0.400. The van der Waals surface area contributed by atoms with Gasteiger partial charge in [0.2, 0.25) is 0 Å². The lowest BCUT2D eigenvalue weighted by atomic mass is 10.3. The number of ether oxygens (including phenoxy) is 2. The molecule has 2 nitrogen and oxygen atoms in total. The number of benzene rings is 1. The molecule has 0 radical (unpaired) electrons. The first-order valence-electron chi connectivity index (χ1n) is 4.09. The van der Waals surface area contributed by atoms with Gasteiger partial charge >= 0.3 is 5.51 Å². The second-order valence-corrected chi connectivity index (χ2v) is 4.65. The van der Waals surface area contributed by atoms with Gasteiger partial charge < -0.3 is 9.47 Å². The maximum Gasteiger partial charge on any atom is 0.446 e. The first-order chi connectivity index (χ1) is 7.42. The van der Waals surface area contributed by atoms with Gasteiger partial charge in [-0.1, -0.05) is 0 Å². The van der Waals surface area contributed by atoms with Gasteiger partial charge in [-0.3, -0.25) is 0 Å². The lowest BCUT2D eigenvalue weighted by Crippen LogP contribution is -2.01. The average Bonchev–Trinajstić information content (AvgIpc) is 2.17. The molecule has 0 aromatic heterocycles. The predicted molar refractivity (Wildman–Crippen MR) is 58.6 cm³/mol. The zero-order valence-corrected chi connectivity index (χ0v) is 10.6. The van der Waals surface area contributed by atoms with Crippen molar-refractivity contribution in [3.63, 3.8) is 0 Å². The van der Waals surface area contributed by atoms with E-state index in [0.717, 1.165) is 0 Å². The highest BCUT2D eigenvalue weighted by Gasteiger charge is 2.30. The van der Waals surface area contributed by atoms with Crippen LogP contribution in [0.3, 0.4) is 0 Å². The van der Waals surface area contributed by atoms with Crippen molar-refractivity contribution in [2.24, 2.45) is 0 Å². The summed E-state index contributed by atoms with van der Waals surface area (Å²) in [4.78, 5) is 0.0947. The Morgan fingerprint density at radius 2 is 2.06 bits per heavy atom. The summed E-state index contributed by atoms with van der Waals surface area (Å²) in [6.45, 7) is 0.0538. The first-order valence-corrected chi connectivity index (χ1v) is 5.70. The van der Waals surface area contributed by atoms with E-state index in [9.17, 15) is 13.2 Å². The monoisotopic (exact) mass is 316 g/mol. The fourth-order valence-electron chi connectivity index (χ4n) is 0.906. The molecule has 0 aliphatic carbocycles. The molecular formula is C9H8BrF3O2S. The van der Waals surface area contributed by atoms with Gasteiger partial charge in [0, 0.05) is 16.5 Å². The molecule has 0 N–H and O–H groups in total. The molecule has 0 unspecified atom stereocenters. The van der Waals surface area contributed by atoms with Crippen molar-refractivity contribution >= 4 is 27.7 Å². The van der Waals surface area contributed by atoms with Crippen molar-refractivity contribution in [2.75, 3.05) is 13.9 Å². The molecule has 7 heteroatoms. The molecule has 0 aliphatic heterocycles. The van der Waals surface area contributed by atoms with Gasteiger partial charge in [0.1, 0.15) is 5.75 Å². The lowest BCUT2D eigenvalue weighted by Gasteiger charge is -2.09. The Kier molecular flexibility index (Phi) is 4.94. The van der Waals surface area contributed by atoms with Crippen LogP contribution in [0.5, 0.6) is 5.75 Å². The van der Waals surface area contributed by atoms with Gasteiger partial charge in [0.15, 0.2) is 6.79 Å². The molecule has 0 atom stereocenters. The van der Waals surface area contributed by atoms with Gasteiger partial charge in [-0.2, -0.15) is 13.2 Å². The van der Waals surface area contributed by atoms with Crippen molar-refractivity contribution < 1.29 is 22.6 Å². The van der Waals surface area contributed by atoms with Crippen LogP contribution in [-0.2, 0) is 4.74 Å². The minimum atomic E-state index is -4.29. The summed E-state index contributed by atoms with van der Waals surface area (Å²) in [7, 11) is 1.46. The summed E-state index contributed by atoms with van der Waals surface area (Å²) < 4.78 is 46.4. The van der Waals surface area contributed by atoms with Crippen LogP contribution in [-0.4, -0.2) is 19.4 Å². The maximum absolute atomic E-state index is 12.1. The van der Waals surface area contributed by atoms with Crippen LogP contribution < -0.4 is 4.74 Å². The van der Waals surface area contributed by atoms with Crippen LogP contribution in [0.1, 0.15) is 0 Å². The van der Waals surface area contributed by atoms with Gasteiger partial charge in [-0.15, -0.1) is 0 Å². The smallest absolute Gasteiger partial charge is 0.446 e. The van der Waals surface area contributed by atoms with Gasteiger partial charge in [0.05, 0.1) is 0 Å². The van der Waals surface area contributed by atoms with Crippen molar-refractivity contribution in [1.29, 1.82) is 0 Å². The molecule has 0 saturated carbocycles. The number of thioether (sulfide) groups is 1. The number of methoxy groups -OCH3 is 1. The topological polar surface area (TPSA) is 18.5 Å². The van der Waals surface area contributed by atoms with E-state index >= 15 is 0 Å². The summed E-state index contributed by atoms with van der Waals surface area (Å²) in [6, 6.07) is 4.26. The van der Waals surface area contributed by atoms with Crippen molar-refractivity contribution in [3.05, 3.63) is 22.7 Å². The Morgan fingerprint density at radius 1 is 1.38 bits per heavy atom. The molecule has 0 saturated heterocycles. The van der Waals surface area contributed by atoms with E-state index in [1.165, 1.54) is 25.3 Å². The number of hydrogen-bond acceptors (Lipinski definition) is 3.